The highest BCUT2D eigenvalue weighted by Crippen LogP contribution is 2.22. The van der Waals surface area contributed by atoms with Crippen molar-refractivity contribution in [3.8, 4) is 0 Å². The summed E-state index contributed by atoms with van der Waals surface area (Å²) in [5, 5.41) is 14.1. The Balaban J connectivity index is 1.97. The van der Waals surface area contributed by atoms with Gasteiger partial charge in [-0.15, -0.1) is 0 Å². The number of nitrogens with zero attached hydrogens (tertiary/aromatic N) is 1. The van der Waals surface area contributed by atoms with Crippen molar-refractivity contribution in [2.45, 2.75) is 0 Å². The molecule has 0 aliphatic heterocycles. The van der Waals surface area contributed by atoms with Crippen molar-refractivity contribution in [3.05, 3.63) is 63.1 Å². The fourth-order valence-corrected chi connectivity index (χ4v) is 2.16. The van der Waals surface area contributed by atoms with Gasteiger partial charge < -0.3 is 5.32 Å². The number of hydrogen-bond acceptors (Lipinski definition) is 4. The molecule has 0 aliphatic carbocycles. The molecule has 21 heavy (non-hydrogen) atoms. The third-order valence-electron chi connectivity index (χ3n) is 2.49. The first-order valence-electron chi connectivity index (χ1n) is 5.88. The van der Waals surface area contributed by atoms with Gasteiger partial charge in [-0.2, -0.15) is 0 Å². The Labute approximate surface area is 134 Å². The molecule has 0 heterocycles. The van der Waals surface area contributed by atoms with E-state index in [1.807, 2.05) is 24.3 Å². The topological polar surface area (TPSA) is 79.2 Å². The summed E-state index contributed by atoms with van der Waals surface area (Å²) in [6.07, 6.45) is 0. The molecule has 0 saturated heterocycles. The SMILES string of the molecule is O=[N+]([O-])c1ccccc1NNC(=S)Nc1cccc(Br)c1. The number of anilines is 2. The van der Waals surface area contributed by atoms with Crippen LogP contribution in [-0.2, 0) is 0 Å². The van der Waals surface area contributed by atoms with E-state index < -0.39 is 4.92 Å². The van der Waals surface area contributed by atoms with E-state index in [9.17, 15) is 10.1 Å². The van der Waals surface area contributed by atoms with Crippen molar-refractivity contribution in [3.63, 3.8) is 0 Å². The number of rotatable bonds is 4. The zero-order chi connectivity index (χ0) is 15.2. The standard InChI is InChI=1S/C13H11BrN4O2S/c14-9-4-3-5-10(8-9)15-13(21)17-16-11-6-1-2-7-12(11)18(19)20/h1-8,16H,(H2,15,17,21). The van der Waals surface area contributed by atoms with Gasteiger partial charge in [0, 0.05) is 16.2 Å². The van der Waals surface area contributed by atoms with Crippen LogP contribution in [0.15, 0.2) is 53.0 Å². The molecule has 0 amide bonds. The molecule has 108 valence electrons. The molecule has 0 atom stereocenters. The maximum atomic E-state index is 10.9. The molecule has 2 aromatic carbocycles. The van der Waals surface area contributed by atoms with Gasteiger partial charge in [0.25, 0.3) is 5.69 Å². The Morgan fingerprint density at radius 2 is 1.95 bits per heavy atom. The quantitative estimate of drug-likeness (QED) is 0.435. The molecule has 6 nitrogen and oxygen atoms in total. The second kappa shape index (κ2) is 7.00. The Kier molecular flexibility index (Phi) is 5.07. The number of hydrazine groups is 1. The molecule has 0 fully saturated rings. The molecule has 2 rings (SSSR count). The molecular formula is C13H11BrN4O2S. The molecule has 0 saturated carbocycles. The van der Waals surface area contributed by atoms with Gasteiger partial charge >= 0.3 is 0 Å². The van der Waals surface area contributed by atoms with Gasteiger partial charge in [-0.25, -0.2) is 0 Å². The lowest BCUT2D eigenvalue weighted by atomic mass is 10.3. The first-order chi connectivity index (χ1) is 10.1. The molecule has 8 heteroatoms. The van der Waals surface area contributed by atoms with Crippen molar-refractivity contribution in [1.29, 1.82) is 0 Å². The van der Waals surface area contributed by atoms with Crippen molar-refractivity contribution < 1.29 is 4.92 Å². The first kappa shape index (κ1) is 15.2. The average Bonchev–Trinajstić information content (AvgIpc) is 2.45. The van der Waals surface area contributed by atoms with E-state index in [1.165, 1.54) is 6.07 Å². The second-order valence-corrected chi connectivity index (χ2v) is 5.31. The van der Waals surface area contributed by atoms with Crippen LogP contribution >= 0.6 is 28.1 Å². The van der Waals surface area contributed by atoms with Crippen LogP contribution in [-0.4, -0.2) is 10.0 Å². The molecule has 2 aromatic rings. The van der Waals surface area contributed by atoms with Crippen molar-refractivity contribution in [2.75, 3.05) is 10.7 Å². The number of nitro groups is 1. The molecule has 0 bridgehead atoms. The van der Waals surface area contributed by atoms with Gasteiger partial charge in [-0.05, 0) is 36.5 Å². The molecule has 0 aromatic heterocycles. The molecular weight excluding hydrogens is 356 g/mol. The van der Waals surface area contributed by atoms with Crippen molar-refractivity contribution >= 4 is 50.3 Å². The summed E-state index contributed by atoms with van der Waals surface area (Å²) in [5.41, 5.74) is 6.53. The zero-order valence-electron chi connectivity index (χ0n) is 10.7. The van der Waals surface area contributed by atoms with Crippen LogP contribution in [0.4, 0.5) is 17.1 Å². The fourth-order valence-electron chi connectivity index (χ4n) is 1.59. The van der Waals surface area contributed by atoms with Gasteiger partial charge in [-0.3, -0.25) is 21.0 Å². The third-order valence-corrected chi connectivity index (χ3v) is 3.19. The maximum Gasteiger partial charge on any atom is 0.294 e. The van der Waals surface area contributed by atoms with Crippen LogP contribution in [0.5, 0.6) is 0 Å². The largest absolute Gasteiger partial charge is 0.331 e. The normalized spacial score (nSPS) is 9.76. The summed E-state index contributed by atoms with van der Waals surface area (Å²) in [4.78, 5) is 10.4. The van der Waals surface area contributed by atoms with Gasteiger partial charge in [0.2, 0.25) is 0 Å². The molecule has 0 aliphatic rings. The van der Waals surface area contributed by atoms with Crippen molar-refractivity contribution in [1.82, 2.24) is 5.43 Å². The third kappa shape index (κ3) is 4.40. The van der Waals surface area contributed by atoms with E-state index in [4.69, 9.17) is 12.2 Å². The Morgan fingerprint density at radius 3 is 2.67 bits per heavy atom. The van der Waals surface area contributed by atoms with E-state index in [0.29, 0.717) is 10.8 Å². The highest BCUT2D eigenvalue weighted by Gasteiger charge is 2.11. The zero-order valence-corrected chi connectivity index (χ0v) is 13.1. The number of nitrogens with one attached hydrogen (secondary N) is 3. The van der Waals surface area contributed by atoms with E-state index in [0.717, 1.165) is 10.2 Å². The summed E-state index contributed by atoms with van der Waals surface area (Å²) in [6.45, 7) is 0. The van der Waals surface area contributed by atoms with E-state index in [2.05, 4.69) is 32.1 Å². The fraction of sp³-hybridized carbons (Fsp3) is 0. The Hall–Kier alpha value is -2.19. The molecule has 0 unspecified atom stereocenters. The number of halogens is 1. The van der Waals surface area contributed by atoms with Gasteiger partial charge in [0.1, 0.15) is 5.69 Å². The number of benzene rings is 2. The summed E-state index contributed by atoms with van der Waals surface area (Å²) in [7, 11) is 0. The van der Waals surface area contributed by atoms with E-state index in [1.54, 1.807) is 18.2 Å². The van der Waals surface area contributed by atoms with Crippen LogP contribution in [0.2, 0.25) is 0 Å². The summed E-state index contributed by atoms with van der Waals surface area (Å²) >= 11 is 8.48. The second-order valence-electron chi connectivity index (χ2n) is 3.99. The highest BCUT2D eigenvalue weighted by molar-refractivity contribution is 9.10. The Morgan fingerprint density at radius 1 is 1.19 bits per heavy atom. The average molecular weight is 367 g/mol. The predicted molar refractivity (Wildman–Crippen MR) is 90.2 cm³/mol. The van der Waals surface area contributed by atoms with Crippen LogP contribution in [0.3, 0.4) is 0 Å². The van der Waals surface area contributed by atoms with Crippen LogP contribution < -0.4 is 16.2 Å². The minimum Gasteiger partial charge on any atom is -0.331 e. The minimum atomic E-state index is -0.463. The number of hydrogen-bond donors (Lipinski definition) is 3. The molecule has 0 spiro atoms. The Bertz CT molecular complexity index is 681. The number of nitro benzene ring substituents is 1. The molecule has 3 N–H and O–H groups in total. The lowest BCUT2D eigenvalue weighted by Gasteiger charge is -2.12. The maximum absolute atomic E-state index is 10.9. The number of para-hydroxylation sites is 2. The lowest BCUT2D eigenvalue weighted by molar-refractivity contribution is -0.384. The smallest absolute Gasteiger partial charge is 0.294 e. The van der Waals surface area contributed by atoms with Crippen LogP contribution in [0.1, 0.15) is 0 Å². The van der Waals surface area contributed by atoms with Gasteiger partial charge in [-0.1, -0.05) is 34.1 Å². The minimum absolute atomic E-state index is 0.0322. The van der Waals surface area contributed by atoms with Gasteiger partial charge in [0.15, 0.2) is 5.11 Å². The lowest BCUT2D eigenvalue weighted by Crippen LogP contribution is -2.33. The predicted octanol–water partition coefficient (Wildman–Crippen LogP) is 3.67. The van der Waals surface area contributed by atoms with Crippen LogP contribution in [0.25, 0.3) is 0 Å². The first-order valence-corrected chi connectivity index (χ1v) is 7.08. The monoisotopic (exact) mass is 366 g/mol. The van der Waals surface area contributed by atoms with E-state index in [-0.39, 0.29) is 5.69 Å². The summed E-state index contributed by atoms with van der Waals surface area (Å²) in [5.74, 6) is 0. The van der Waals surface area contributed by atoms with E-state index >= 15 is 0 Å². The van der Waals surface area contributed by atoms with Gasteiger partial charge in [0.05, 0.1) is 4.92 Å². The molecule has 0 radical (unpaired) electrons. The highest BCUT2D eigenvalue weighted by atomic mass is 79.9. The van der Waals surface area contributed by atoms with Crippen molar-refractivity contribution in [2.24, 2.45) is 0 Å². The summed E-state index contributed by atoms with van der Waals surface area (Å²) < 4.78 is 0.918. The summed E-state index contributed by atoms with van der Waals surface area (Å²) in [6, 6.07) is 13.8. The number of thiocarbonyl (C=S) groups is 1. The van der Waals surface area contributed by atoms with Crippen LogP contribution in [0, 0.1) is 10.1 Å².